The molecule has 0 heterocycles. The topological polar surface area (TPSA) is 78.9 Å². The second-order valence-electron chi connectivity index (χ2n) is 4.20. The Morgan fingerprint density at radius 2 is 2.00 bits per heavy atom. The standard InChI is InChI=1S/C17H13N3O/c18-10-4-7-14-6-1-2-9-16(14)17(21)20-15-8-3-5-13(11-15)12-19/h1-3,5-6,8-9,11H,10,18H2,(H,20,21). The van der Waals surface area contributed by atoms with E-state index in [9.17, 15) is 4.79 Å². The summed E-state index contributed by atoms with van der Waals surface area (Å²) in [6.07, 6.45) is 0. The van der Waals surface area contributed by atoms with Crippen molar-refractivity contribution in [2.45, 2.75) is 0 Å². The van der Waals surface area contributed by atoms with Gasteiger partial charge in [0.1, 0.15) is 0 Å². The molecular weight excluding hydrogens is 262 g/mol. The SMILES string of the molecule is N#Cc1cccc(NC(=O)c2ccccc2C#CCN)c1. The summed E-state index contributed by atoms with van der Waals surface area (Å²) in [6.45, 7) is 0.236. The molecule has 0 saturated heterocycles. The van der Waals surface area contributed by atoms with Gasteiger partial charge in [-0.25, -0.2) is 0 Å². The molecular formula is C17H13N3O. The molecule has 0 aliphatic rings. The summed E-state index contributed by atoms with van der Waals surface area (Å²) in [6, 6.07) is 15.8. The normalized spacial score (nSPS) is 9.14. The zero-order valence-corrected chi connectivity index (χ0v) is 11.3. The fourth-order valence-electron chi connectivity index (χ4n) is 1.80. The van der Waals surface area contributed by atoms with Gasteiger partial charge in [-0.2, -0.15) is 5.26 Å². The first-order valence-electron chi connectivity index (χ1n) is 6.34. The minimum Gasteiger partial charge on any atom is -0.322 e. The molecule has 3 N–H and O–H groups in total. The summed E-state index contributed by atoms with van der Waals surface area (Å²) in [5.41, 5.74) is 7.51. The van der Waals surface area contributed by atoms with E-state index in [1.54, 1.807) is 42.5 Å². The lowest BCUT2D eigenvalue weighted by Gasteiger charge is -2.07. The van der Waals surface area contributed by atoms with Crippen LogP contribution in [0.4, 0.5) is 5.69 Å². The van der Waals surface area contributed by atoms with Crippen molar-refractivity contribution in [2.24, 2.45) is 5.73 Å². The lowest BCUT2D eigenvalue weighted by molar-refractivity contribution is 0.102. The van der Waals surface area contributed by atoms with E-state index >= 15 is 0 Å². The van der Waals surface area contributed by atoms with Crippen molar-refractivity contribution < 1.29 is 4.79 Å². The largest absolute Gasteiger partial charge is 0.322 e. The van der Waals surface area contributed by atoms with Gasteiger partial charge in [0.2, 0.25) is 0 Å². The first kappa shape index (κ1) is 14.3. The molecule has 0 aliphatic carbocycles. The zero-order chi connectivity index (χ0) is 15.1. The van der Waals surface area contributed by atoms with Crippen LogP contribution < -0.4 is 11.1 Å². The molecule has 102 valence electrons. The van der Waals surface area contributed by atoms with E-state index in [1.807, 2.05) is 12.1 Å². The number of benzene rings is 2. The average Bonchev–Trinajstić information content (AvgIpc) is 2.53. The number of nitrogens with zero attached hydrogens (tertiary/aromatic N) is 1. The Labute approximate surface area is 123 Å². The van der Waals surface area contributed by atoms with Crippen LogP contribution >= 0.6 is 0 Å². The van der Waals surface area contributed by atoms with Crippen LogP contribution in [0.2, 0.25) is 0 Å². The molecule has 2 aromatic rings. The Morgan fingerprint density at radius 1 is 1.19 bits per heavy atom. The van der Waals surface area contributed by atoms with E-state index in [4.69, 9.17) is 11.0 Å². The number of nitriles is 1. The van der Waals surface area contributed by atoms with Crippen LogP contribution in [0.1, 0.15) is 21.5 Å². The maximum absolute atomic E-state index is 12.3. The molecule has 0 saturated carbocycles. The lowest BCUT2D eigenvalue weighted by Crippen LogP contribution is -2.13. The minimum atomic E-state index is -0.271. The van der Waals surface area contributed by atoms with Gasteiger partial charge in [0.05, 0.1) is 23.7 Å². The van der Waals surface area contributed by atoms with Crippen LogP contribution in [0, 0.1) is 23.2 Å². The molecule has 2 aromatic carbocycles. The predicted octanol–water partition coefficient (Wildman–Crippen LogP) is 2.12. The number of hydrogen-bond donors (Lipinski definition) is 2. The Bertz CT molecular complexity index is 763. The number of nitrogens with two attached hydrogens (primary N) is 1. The van der Waals surface area contributed by atoms with Crippen LogP contribution in [0.15, 0.2) is 48.5 Å². The highest BCUT2D eigenvalue weighted by Gasteiger charge is 2.10. The highest BCUT2D eigenvalue weighted by atomic mass is 16.1. The summed E-state index contributed by atoms with van der Waals surface area (Å²) in [4.78, 5) is 12.3. The van der Waals surface area contributed by atoms with Crippen LogP contribution in [0.25, 0.3) is 0 Å². The monoisotopic (exact) mass is 275 g/mol. The molecule has 0 unspecified atom stereocenters. The molecule has 4 heteroatoms. The molecule has 0 bridgehead atoms. The van der Waals surface area contributed by atoms with Gasteiger partial charge in [-0.15, -0.1) is 0 Å². The Morgan fingerprint density at radius 3 is 2.76 bits per heavy atom. The number of anilines is 1. The van der Waals surface area contributed by atoms with Gasteiger partial charge in [0.25, 0.3) is 5.91 Å². The van der Waals surface area contributed by atoms with Crippen molar-refractivity contribution in [1.82, 2.24) is 0 Å². The highest BCUT2D eigenvalue weighted by molar-refractivity contribution is 6.06. The van der Waals surface area contributed by atoms with E-state index in [-0.39, 0.29) is 12.5 Å². The van der Waals surface area contributed by atoms with E-state index < -0.39 is 0 Å². The van der Waals surface area contributed by atoms with Crippen molar-refractivity contribution in [1.29, 1.82) is 5.26 Å². The quantitative estimate of drug-likeness (QED) is 0.824. The summed E-state index contributed by atoms with van der Waals surface area (Å²) < 4.78 is 0. The Balaban J connectivity index is 2.26. The Kier molecular flexibility index (Phi) is 4.71. The van der Waals surface area contributed by atoms with E-state index in [0.717, 1.165) is 0 Å². The second-order valence-corrected chi connectivity index (χ2v) is 4.20. The summed E-state index contributed by atoms with van der Waals surface area (Å²) >= 11 is 0. The molecule has 0 spiro atoms. The first-order chi connectivity index (χ1) is 10.2. The number of carbonyl (C=O) groups is 1. The summed E-state index contributed by atoms with van der Waals surface area (Å²) in [7, 11) is 0. The third-order valence-corrected chi connectivity index (χ3v) is 2.75. The molecule has 21 heavy (non-hydrogen) atoms. The molecule has 1 amide bonds. The van der Waals surface area contributed by atoms with Gasteiger partial charge < -0.3 is 11.1 Å². The number of amides is 1. The number of carbonyl (C=O) groups excluding carboxylic acids is 1. The summed E-state index contributed by atoms with van der Waals surface area (Å²) in [5.74, 6) is 5.34. The smallest absolute Gasteiger partial charge is 0.256 e. The zero-order valence-electron chi connectivity index (χ0n) is 11.3. The van der Waals surface area contributed by atoms with E-state index in [1.165, 1.54) is 0 Å². The number of hydrogen-bond acceptors (Lipinski definition) is 3. The fourth-order valence-corrected chi connectivity index (χ4v) is 1.80. The molecule has 2 rings (SSSR count). The van der Waals surface area contributed by atoms with Gasteiger partial charge in [0.15, 0.2) is 0 Å². The van der Waals surface area contributed by atoms with Crippen molar-refractivity contribution in [3.8, 4) is 17.9 Å². The first-order valence-corrected chi connectivity index (χ1v) is 6.34. The molecule has 0 aromatic heterocycles. The molecule has 0 aliphatic heterocycles. The average molecular weight is 275 g/mol. The second kappa shape index (κ2) is 6.91. The van der Waals surface area contributed by atoms with Gasteiger partial charge >= 0.3 is 0 Å². The van der Waals surface area contributed by atoms with Crippen molar-refractivity contribution in [3.05, 3.63) is 65.2 Å². The third kappa shape index (κ3) is 3.70. The fraction of sp³-hybridized carbons (Fsp3) is 0.0588. The maximum atomic E-state index is 12.3. The molecule has 0 atom stereocenters. The van der Waals surface area contributed by atoms with Gasteiger partial charge in [-0.1, -0.05) is 30.0 Å². The highest BCUT2D eigenvalue weighted by Crippen LogP contribution is 2.13. The predicted molar refractivity (Wildman–Crippen MR) is 81.5 cm³/mol. The van der Waals surface area contributed by atoms with Gasteiger partial charge in [0, 0.05) is 11.3 Å². The lowest BCUT2D eigenvalue weighted by atomic mass is 10.1. The van der Waals surface area contributed by atoms with Gasteiger partial charge in [-0.05, 0) is 30.3 Å². The van der Waals surface area contributed by atoms with Crippen LogP contribution in [0.5, 0.6) is 0 Å². The molecule has 0 fully saturated rings. The van der Waals surface area contributed by atoms with Crippen molar-refractivity contribution >= 4 is 11.6 Å². The van der Waals surface area contributed by atoms with Crippen LogP contribution in [-0.2, 0) is 0 Å². The summed E-state index contributed by atoms with van der Waals surface area (Å²) in [5, 5.41) is 11.6. The Hall–Kier alpha value is -3.08. The van der Waals surface area contributed by atoms with Crippen LogP contribution in [0.3, 0.4) is 0 Å². The molecule has 4 nitrogen and oxygen atoms in total. The van der Waals surface area contributed by atoms with Crippen molar-refractivity contribution in [3.63, 3.8) is 0 Å². The van der Waals surface area contributed by atoms with Gasteiger partial charge in [-0.3, -0.25) is 4.79 Å². The van der Waals surface area contributed by atoms with E-state index in [0.29, 0.717) is 22.4 Å². The minimum absolute atomic E-state index is 0.236. The van der Waals surface area contributed by atoms with E-state index in [2.05, 4.69) is 17.2 Å². The number of nitrogens with one attached hydrogen (secondary N) is 1. The maximum Gasteiger partial charge on any atom is 0.256 e. The van der Waals surface area contributed by atoms with Crippen molar-refractivity contribution in [2.75, 3.05) is 11.9 Å². The number of rotatable bonds is 2. The molecule has 0 radical (unpaired) electrons. The third-order valence-electron chi connectivity index (χ3n) is 2.75. The van der Waals surface area contributed by atoms with Crippen LogP contribution in [-0.4, -0.2) is 12.5 Å².